The standard InChI is InChI=1S/C25H25.C13H21.C11H8.2ClH.Zr/c1-14-12-24(3,4)22-8-16-7-17-9-23-19(15(2)13-25(23,5)6)11-21(17)20(16)10-18(14)22;1-6-10-8-11(7-2)12(9-10)13(3,4)5;1-9-5-4-7-10-6-2-3-8-11(9)10;;;/h7-13H,1-6H3;9-10H,6-7H2,1-5H3;1-8H;2*1H;/q;;;;;+2/p-2. The van der Waals surface area contributed by atoms with Gasteiger partial charge in [-0.15, -0.1) is 0 Å². The number of rotatable bonds is 5. The number of benzene rings is 4. The fraction of sp³-hybridized carbons (Fsp3) is 0.367. The van der Waals surface area contributed by atoms with Gasteiger partial charge in [-0.25, -0.2) is 0 Å². The van der Waals surface area contributed by atoms with Crippen molar-refractivity contribution in [3.63, 3.8) is 0 Å². The van der Waals surface area contributed by atoms with Crippen LogP contribution in [-0.2, 0) is 32.1 Å². The van der Waals surface area contributed by atoms with E-state index in [2.05, 4.69) is 165 Å². The molecule has 52 heavy (non-hydrogen) atoms. The first-order valence-electron chi connectivity index (χ1n) is 19.1. The molecule has 1 unspecified atom stereocenters. The Kier molecular flexibility index (Phi) is 10.3. The van der Waals surface area contributed by atoms with Crippen molar-refractivity contribution in [1.29, 1.82) is 0 Å². The van der Waals surface area contributed by atoms with Crippen LogP contribution in [0.2, 0.25) is 0 Å². The second-order valence-electron chi connectivity index (χ2n) is 17.8. The Balaban J connectivity index is 0.00000232. The van der Waals surface area contributed by atoms with Crippen LogP contribution in [0.1, 0.15) is 132 Å². The Morgan fingerprint density at radius 3 is 1.77 bits per heavy atom. The molecule has 0 saturated heterocycles. The minimum absolute atomic E-state index is 0. The molecule has 4 aromatic carbocycles. The van der Waals surface area contributed by atoms with E-state index in [-0.39, 0.29) is 41.1 Å². The van der Waals surface area contributed by atoms with Crippen molar-refractivity contribution in [2.45, 2.75) is 103 Å². The Morgan fingerprint density at radius 1 is 0.712 bits per heavy atom. The average molecular weight is 805 g/mol. The summed E-state index contributed by atoms with van der Waals surface area (Å²) >= 11 is -2.79. The fourth-order valence-corrected chi connectivity index (χ4v) is 19.4. The van der Waals surface area contributed by atoms with Crippen LogP contribution >= 0.6 is 0 Å². The van der Waals surface area contributed by atoms with Crippen LogP contribution in [0.5, 0.6) is 0 Å². The zero-order valence-corrected chi connectivity index (χ0v) is 37.0. The molecule has 0 radical (unpaired) electrons. The third kappa shape index (κ3) is 6.01. The third-order valence-electron chi connectivity index (χ3n) is 12.4. The minimum atomic E-state index is -2.79. The van der Waals surface area contributed by atoms with Gasteiger partial charge in [-0.1, -0.05) is 0 Å². The molecule has 4 aromatic rings. The summed E-state index contributed by atoms with van der Waals surface area (Å²) in [5, 5.41) is 2.74. The van der Waals surface area contributed by atoms with E-state index in [0.717, 1.165) is 6.42 Å². The van der Waals surface area contributed by atoms with Gasteiger partial charge < -0.3 is 24.8 Å². The molecule has 0 bridgehead atoms. The van der Waals surface area contributed by atoms with Crippen molar-refractivity contribution in [1.82, 2.24) is 0 Å². The molecule has 0 saturated carbocycles. The van der Waals surface area contributed by atoms with Crippen LogP contribution in [0.3, 0.4) is 0 Å². The molecular formula is C49H54Cl2Zr. The van der Waals surface area contributed by atoms with Crippen LogP contribution in [0, 0.1) is 11.3 Å². The molecule has 0 aromatic heterocycles. The van der Waals surface area contributed by atoms with E-state index < -0.39 is 21.3 Å². The molecule has 0 amide bonds. The van der Waals surface area contributed by atoms with Crippen LogP contribution in [-0.4, -0.2) is 3.71 Å². The van der Waals surface area contributed by atoms with Gasteiger partial charge in [-0.3, -0.25) is 0 Å². The molecule has 0 fully saturated rings. The number of allylic oxidation sites excluding steroid dienone is 8. The monoisotopic (exact) mass is 802 g/mol. The molecule has 1 atom stereocenters. The van der Waals surface area contributed by atoms with Gasteiger partial charge in [0.2, 0.25) is 0 Å². The van der Waals surface area contributed by atoms with Crippen molar-refractivity contribution in [3.05, 3.63) is 138 Å². The average Bonchev–Trinajstić information content (AvgIpc) is 3.73. The summed E-state index contributed by atoms with van der Waals surface area (Å²) in [7, 11) is 0. The quantitative estimate of drug-likeness (QED) is 0.197. The van der Waals surface area contributed by atoms with Gasteiger partial charge >= 0.3 is 311 Å². The molecule has 0 nitrogen and oxygen atoms in total. The molecule has 4 aliphatic carbocycles. The first-order valence-corrected chi connectivity index (χ1v) is 23.1. The van der Waals surface area contributed by atoms with Gasteiger partial charge in [-0.2, -0.15) is 0 Å². The largest absolute Gasteiger partial charge is 1.00 e. The topological polar surface area (TPSA) is 0 Å². The molecule has 0 aliphatic heterocycles. The SMILES string of the molecule is CCC1=[C](/[Zr+2](=[CH]\c2cccc3ccccc23)[CH]2c3cc4c(cc3-c3cc5c(cc32)C(C)(C)C=C5C)C(C)=CC4(C)C)C(CC)C=C1C(C)(C)C.[Cl-].[Cl-]. The van der Waals surface area contributed by atoms with E-state index in [4.69, 9.17) is 0 Å². The van der Waals surface area contributed by atoms with E-state index >= 15 is 0 Å². The van der Waals surface area contributed by atoms with Crippen molar-refractivity contribution < 1.29 is 46.1 Å². The second kappa shape index (κ2) is 13.6. The number of hydrogen-bond acceptors (Lipinski definition) is 0. The molecule has 0 heterocycles. The molecule has 4 aliphatic rings. The molecule has 0 N–H and O–H groups in total. The van der Waals surface area contributed by atoms with E-state index in [9.17, 15) is 0 Å². The van der Waals surface area contributed by atoms with E-state index in [1.807, 2.05) is 3.28 Å². The smallest absolute Gasteiger partial charge is 1.00 e. The normalized spacial score (nSPS) is 19.4. The van der Waals surface area contributed by atoms with Gasteiger partial charge in [0.1, 0.15) is 0 Å². The maximum atomic E-state index is 2.89. The van der Waals surface area contributed by atoms with Crippen LogP contribution in [0.4, 0.5) is 0 Å². The summed E-state index contributed by atoms with van der Waals surface area (Å²) in [5.74, 6) is 0.511. The van der Waals surface area contributed by atoms with Crippen LogP contribution in [0.15, 0.2) is 99.4 Å². The maximum absolute atomic E-state index is 2.89. The zero-order chi connectivity index (χ0) is 35.5. The predicted molar refractivity (Wildman–Crippen MR) is 215 cm³/mol. The molecule has 0 spiro atoms. The molecule has 3 heteroatoms. The predicted octanol–water partition coefficient (Wildman–Crippen LogP) is 7.45. The Bertz CT molecular complexity index is 2200. The maximum Gasteiger partial charge on any atom is -1.00 e. The summed E-state index contributed by atoms with van der Waals surface area (Å²) < 4.78 is 5.16. The number of halogens is 2. The van der Waals surface area contributed by atoms with Gasteiger partial charge in [0.15, 0.2) is 0 Å². The van der Waals surface area contributed by atoms with Gasteiger partial charge in [0.05, 0.1) is 0 Å². The summed E-state index contributed by atoms with van der Waals surface area (Å²) in [6.07, 6.45) is 9.99. The number of fused-ring (bicyclic) bond motifs is 6. The number of hydrogen-bond donors (Lipinski definition) is 0. The second-order valence-corrected chi connectivity index (χ2v) is 23.5. The summed E-state index contributed by atoms with van der Waals surface area (Å²) in [6, 6.07) is 26.6. The molecule has 8 rings (SSSR count). The summed E-state index contributed by atoms with van der Waals surface area (Å²) in [4.78, 5) is 0. The summed E-state index contributed by atoms with van der Waals surface area (Å²) in [6.45, 7) is 26.5. The van der Waals surface area contributed by atoms with Gasteiger partial charge in [0.25, 0.3) is 0 Å². The molecular weight excluding hydrogens is 751 g/mol. The minimum Gasteiger partial charge on any atom is -1.00 e. The van der Waals surface area contributed by atoms with Crippen LogP contribution in [0.25, 0.3) is 33.0 Å². The van der Waals surface area contributed by atoms with Crippen molar-refractivity contribution in [2.75, 3.05) is 0 Å². The first-order chi connectivity index (χ1) is 23.6. The Morgan fingerprint density at radius 2 is 1.25 bits per heavy atom. The van der Waals surface area contributed by atoms with E-state index in [1.165, 1.54) is 67.3 Å². The van der Waals surface area contributed by atoms with Gasteiger partial charge in [-0.05, 0) is 0 Å². The fourth-order valence-electron chi connectivity index (χ4n) is 10.2. The van der Waals surface area contributed by atoms with E-state index in [0.29, 0.717) is 9.54 Å². The van der Waals surface area contributed by atoms with Crippen molar-refractivity contribution in [2.24, 2.45) is 11.3 Å². The van der Waals surface area contributed by atoms with Crippen LogP contribution < -0.4 is 24.8 Å². The van der Waals surface area contributed by atoms with E-state index in [1.54, 1.807) is 22.3 Å². The summed E-state index contributed by atoms with van der Waals surface area (Å²) in [5.41, 5.74) is 19.9. The first kappa shape index (κ1) is 39.1. The third-order valence-corrected chi connectivity index (χ3v) is 20.2. The van der Waals surface area contributed by atoms with Gasteiger partial charge in [0, 0.05) is 0 Å². The Hall–Kier alpha value is -2.57. The van der Waals surface area contributed by atoms with Crippen molar-refractivity contribution >= 4 is 25.6 Å². The molecule has 268 valence electrons. The Labute approximate surface area is 333 Å². The zero-order valence-electron chi connectivity index (χ0n) is 33.0. The van der Waals surface area contributed by atoms with Crippen molar-refractivity contribution in [3.8, 4) is 11.1 Å².